The quantitative estimate of drug-likeness (QED) is 0.698. The summed E-state index contributed by atoms with van der Waals surface area (Å²) in [7, 11) is 0. The highest BCUT2D eigenvalue weighted by Gasteiger charge is 2.21. The maximum Gasteiger partial charge on any atom is 0.273 e. The summed E-state index contributed by atoms with van der Waals surface area (Å²) < 4.78 is 5.46. The number of hydrogen-bond donors (Lipinski definition) is 2. The summed E-state index contributed by atoms with van der Waals surface area (Å²) in [6.07, 6.45) is 3.02. The van der Waals surface area contributed by atoms with E-state index in [0.717, 1.165) is 45.6 Å². The number of aliphatic hydroxyl groups is 1. The molecule has 0 radical (unpaired) electrons. The molecule has 2 rings (SSSR count). The van der Waals surface area contributed by atoms with Gasteiger partial charge in [0.05, 0.1) is 12.6 Å². The Labute approximate surface area is 150 Å². The first kappa shape index (κ1) is 19.9. The van der Waals surface area contributed by atoms with Crippen LogP contribution in [-0.4, -0.2) is 71.2 Å². The Bertz CT molecular complexity index is 526. The van der Waals surface area contributed by atoms with Gasteiger partial charge < -0.3 is 14.8 Å². The Kier molecular flexibility index (Phi) is 7.87. The second-order valence-electron chi connectivity index (χ2n) is 6.99. The molecule has 0 spiro atoms. The molecule has 142 valence electrons. The van der Waals surface area contributed by atoms with Crippen molar-refractivity contribution in [1.82, 2.24) is 20.1 Å². The number of carbonyl (C=O) groups excluding carboxylic acids is 1. The molecular weight excluding hydrogens is 320 g/mol. The molecule has 1 saturated heterocycles. The van der Waals surface area contributed by atoms with E-state index >= 15 is 0 Å². The third-order valence-electron chi connectivity index (χ3n) is 4.86. The molecule has 7 heteroatoms. The summed E-state index contributed by atoms with van der Waals surface area (Å²) in [6, 6.07) is 0. The fourth-order valence-electron chi connectivity index (χ4n) is 2.74. The predicted molar refractivity (Wildman–Crippen MR) is 96.3 cm³/mol. The largest absolute Gasteiger partial charge is 0.447 e. The smallest absolute Gasteiger partial charge is 0.273 e. The van der Waals surface area contributed by atoms with Gasteiger partial charge in [-0.25, -0.2) is 4.98 Å². The number of nitrogens with zero attached hydrogens (tertiary/aromatic N) is 3. The van der Waals surface area contributed by atoms with Crippen LogP contribution in [0.15, 0.2) is 10.7 Å². The van der Waals surface area contributed by atoms with Crippen LogP contribution in [-0.2, 0) is 6.54 Å². The van der Waals surface area contributed by atoms with Gasteiger partial charge in [0.15, 0.2) is 5.69 Å². The second-order valence-corrected chi connectivity index (χ2v) is 6.99. The van der Waals surface area contributed by atoms with E-state index in [4.69, 9.17) is 4.42 Å². The molecule has 1 amide bonds. The zero-order valence-electron chi connectivity index (χ0n) is 15.7. The van der Waals surface area contributed by atoms with Gasteiger partial charge in [-0.15, -0.1) is 0 Å². The van der Waals surface area contributed by atoms with Crippen molar-refractivity contribution in [2.75, 3.05) is 39.3 Å². The average molecular weight is 352 g/mol. The van der Waals surface area contributed by atoms with E-state index < -0.39 is 0 Å². The van der Waals surface area contributed by atoms with Crippen molar-refractivity contribution in [3.8, 4) is 0 Å². The molecule has 0 aliphatic carbocycles. The number of hydrogen-bond acceptors (Lipinski definition) is 6. The molecule has 25 heavy (non-hydrogen) atoms. The summed E-state index contributed by atoms with van der Waals surface area (Å²) in [4.78, 5) is 20.9. The number of aromatic nitrogens is 1. The van der Waals surface area contributed by atoms with Gasteiger partial charge >= 0.3 is 0 Å². The predicted octanol–water partition coefficient (Wildman–Crippen LogP) is 1.34. The molecule has 0 unspecified atom stereocenters. The topological polar surface area (TPSA) is 81.8 Å². The molecule has 7 nitrogen and oxygen atoms in total. The number of nitrogens with one attached hydrogen (secondary N) is 1. The Morgan fingerprint density at radius 2 is 1.96 bits per heavy atom. The van der Waals surface area contributed by atoms with Crippen LogP contribution in [0.1, 0.15) is 50.0 Å². The normalized spacial score (nSPS) is 18.9. The highest BCUT2D eigenvalue weighted by atomic mass is 16.3. The van der Waals surface area contributed by atoms with Crippen LogP contribution in [0.5, 0.6) is 0 Å². The van der Waals surface area contributed by atoms with E-state index in [1.54, 1.807) is 0 Å². The number of rotatable bonds is 9. The van der Waals surface area contributed by atoms with Crippen molar-refractivity contribution >= 4 is 5.91 Å². The molecule has 1 aromatic heterocycles. The van der Waals surface area contributed by atoms with E-state index in [1.807, 2.05) is 6.92 Å². The first-order valence-electron chi connectivity index (χ1n) is 9.37. The van der Waals surface area contributed by atoms with E-state index in [2.05, 4.69) is 33.9 Å². The minimum atomic E-state index is -0.241. The lowest BCUT2D eigenvalue weighted by Crippen LogP contribution is -2.48. The minimum absolute atomic E-state index is 0.173. The van der Waals surface area contributed by atoms with Gasteiger partial charge in [0.1, 0.15) is 6.26 Å². The standard InChI is InChI=1S/C18H32N4O3/c1-4-14(3)10-19-18(24)16-13-25-17(20-16)12-22-8-6-21(7-9-22)11-15(23)5-2/h13-15,23H,4-12H2,1-3H3,(H,19,24)/t14-,15-/m1/s1. The number of oxazole rings is 1. The third-order valence-corrected chi connectivity index (χ3v) is 4.86. The molecule has 0 bridgehead atoms. The molecule has 2 atom stereocenters. The number of piperazine rings is 1. The Balaban J connectivity index is 1.75. The summed E-state index contributed by atoms with van der Waals surface area (Å²) >= 11 is 0. The summed E-state index contributed by atoms with van der Waals surface area (Å²) in [6.45, 7) is 11.9. The lowest BCUT2D eigenvalue weighted by Gasteiger charge is -2.34. The van der Waals surface area contributed by atoms with Gasteiger partial charge in [0, 0.05) is 39.3 Å². The van der Waals surface area contributed by atoms with Crippen LogP contribution in [0.2, 0.25) is 0 Å². The SMILES string of the molecule is CC[C@@H](C)CNC(=O)c1coc(CN2CCN(C[C@H](O)CC)CC2)n1. The molecule has 1 aliphatic rings. The summed E-state index contributed by atoms with van der Waals surface area (Å²) in [5.74, 6) is 0.863. The van der Waals surface area contributed by atoms with Crippen molar-refractivity contribution in [3.63, 3.8) is 0 Å². The Hall–Kier alpha value is -1.44. The van der Waals surface area contributed by atoms with E-state index in [9.17, 15) is 9.90 Å². The van der Waals surface area contributed by atoms with Crippen molar-refractivity contribution in [3.05, 3.63) is 17.8 Å². The third kappa shape index (κ3) is 6.41. The molecular formula is C18H32N4O3. The van der Waals surface area contributed by atoms with Gasteiger partial charge in [-0.3, -0.25) is 14.6 Å². The Morgan fingerprint density at radius 1 is 1.28 bits per heavy atom. The lowest BCUT2D eigenvalue weighted by molar-refractivity contribution is 0.0658. The van der Waals surface area contributed by atoms with Gasteiger partial charge in [-0.1, -0.05) is 27.2 Å². The van der Waals surface area contributed by atoms with E-state index in [0.29, 0.717) is 30.6 Å². The first-order valence-corrected chi connectivity index (χ1v) is 9.37. The molecule has 2 heterocycles. The van der Waals surface area contributed by atoms with Crippen LogP contribution >= 0.6 is 0 Å². The molecule has 1 fully saturated rings. The summed E-state index contributed by atoms with van der Waals surface area (Å²) in [5, 5.41) is 12.6. The van der Waals surface area contributed by atoms with Crippen molar-refractivity contribution in [2.45, 2.75) is 46.3 Å². The molecule has 1 aromatic rings. The zero-order chi connectivity index (χ0) is 18.2. The van der Waals surface area contributed by atoms with Crippen LogP contribution in [0, 0.1) is 5.92 Å². The van der Waals surface area contributed by atoms with Crippen LogP contribution in [0.4, 0.5) is 0 Å². The Morgan fingerprint density at radius 3 is 2.60 bits per heavy atom. The maximum atomic E-state index is 12.1. The van der Waals surface area contributed by atoms with Crippen molar-refractivity contribution < 1.29 is 14.3 Å². The maximum absolute atomic E-state index is 12.1. The van der Waals surface area contributed by atoms with E-state index in [1.165, 1.54) is 6.26 Å². The van der Waals surface area contributed by atoms with Gasteiger partial charge in [0.2, 0.25) is 5.89 Å². The zero-order valence-corrected chi connectivity index (χ0v) is 15.7. The number of carbonyl (C=O) groups is 1. The number of aliphatic hydroxyl groups excluding tert-OH is 1. The monoisotopic (exact) mass is 352 g/mol. The van der Waals surface area contributed by atoms with Crippen molar-refractivity contribution in [2.24, 2.45) is 5.92 Å². The van der Waals surface area contributed by atoms with Gasteiger partial charge in [0.25, 0.3) is 5.91 Å². The van der Waals surface area contributed by atoms with Crippen LogP contribution in [0.25, 0.3) is 0 Å². The fourth-order valence-corrected chi connectivity index (χ4v) is 2.74. The molecule has 0 saturated carbocycles. The van der Waals surface area contributed by atoms with Gasteiger partial charge in [-0.2, -0.15) is 0 Å². The minimum Gasteiger partial charge on any atom is -0.447 e. The van der Waals surface area contributed by atoms with Crippen LogP contribution < -0.4 is 5.32 Å². The lowest BCUT2D eigenvalue weighted by atomic mass is 10.1. The van der Waals surface area contributed by atoms with Gasteiger partial charge in [-0.05, 0) is 12.3 Å². The average Bonchev–Trinajstić information content (AvgIpc) is 3.09. The summed E-state index contributed by atoms with van der Waals surface area (Å²) in [5.41, 5.74) is 0.350. The molecule has 0 aromatic carbocycles. The molecule has 2 N–H and O–H groups in total. The number of β-amino-alcohol motifs (C(OH)–C–C–N with tert-alkyl or cyclic N) is 1. The second kappa shape index (κ2) is 9.89. The van der Waals surface area contributed by atoms with E-state index in [-0.39, 0.29) is 12.0 Å². The highest BCUT2D eigenvalue weighted by molar-refractivity contribution is 5.91. The molecule has 1 aliphatic heterocycles. The van der Waals surface area contributed by atoms with Crippen molar-refractivity contribution in [1.29, 1.82) is 0 Å². The fraction of sp³-hybridized carbons (Fsp3) is 0.778. The van der Waals surface area contributed by atoms with Crippen LogP contribution in [0.3, 0.4) is 0 Å². The highest BCUT2D eigenvalue weighted by Crippen LogP contribution is 2.10. The number of amides is 1. The first-order chi connectivity index (χ1) is 12.0.